The SMILES string of the molecule is CCC1C[C@H](C(=O)Nc2nnc(C)c(C)n2)[C@H](C(=O)O)C1. The molecule has 3 atom stereocenters. The lowest BCUT2D eigenvalue weighted by atomic mass is 9.95. The number of carbonyl (C=O) groups is 2. The minimum absolute atomic E-state index is 0.132. The number of carboxylic acids is 1. The number of hydrogen-bond acceptors (Lipinski definition) is 5. The summed E-state index contributed by atoms with van der Waals surface area (Å²) < 4.78 is 0. The Morgan fingerprint density at radius 2 is 1.86 bits per heavy atom. The molecular formula is C14H20N4O3. The van der Waals surface area contributed by atoms with Gasteiger partial charge in [-0.1, -0.05) is 13.3 Å². The summed E-state index contributed by atoms with van der Waals surface area (Å²) in [5.74, 6) is -1.99. The number of carboxylic acid groups (broad SMARTS) is 1. The Kier molecular flexibility index (Phi) is 4.50. The summed E-state index contributed by atoms with van der Waals surface area (Å²) in [6.45, 7) is 5.58. The molecular weight excluding hydrogens is 272 g/mol. The third-order valence-corrected chi connectivity index (χ3v) is 4.22. The summed E-state index contributed by atoms with van der Waals surface area (Å²) in [6.07, 6.45) is 2.03. The molecule has 0 bridgehead atoms. The second kappa shape index (κ2) is 6.15. The zero-order valence-corrected chi connectivity index (χ0v) is 12.5. The van der Waals surface area contributed by atoms with Crippen molar-refractivity contribution in [2.24, 2.45) is 17.8 Å². The molecule has 0 aliphatic heterocycles. The lowest BCUT2D eigenvalue weighted by Gasteiger charge is -2.14. The quantitative estimate of drug-likeness (QED) is 0.872. The molecule has 1 aromatic rings. The van der Waals surface area contributed by atoms with Crippen molar-refractivity contribution in [2.45, 2.75) is 40.0 Å². The first-order valence-corrected chi connectivity index (χ1v) is 7.14. The highest BCUT2D eigenvalue weighted by molar-refractivity contribution is 5.94. The average Bonchev–Trinajstić information content (AvgIpc) is 2.87. The van der Waals surface area contributed by atoms with Crippen molar-refractivity contribution in [3.05, 3.63) is 11.4 Å². The number of carbonyl (C=O) groups excluding carboxylic acids is 1. The third-order valence-electron chi connectivity index (χ3n) is 4.22. The van der Waals surface area contributed by atoms with Crippen LogP contribution in [0.4, 0.5) is 5.95 Å². The monoisotopic (exact) mass is 292 g/mol. The zero-order valence-electron chi connectivity index (χ0n) is 12.5. The van der Waals surface area contributed by atoms with E-state index < -0.39 is 17.8 Å². The molecule has 2 rings (SSSR count). The van der Waals surface area contributed by atoms with E-state index in [0.29, 0.717) is 24.2 Å². The van der Waals surface area contributed by atoms with E-state index >= 15 is 0 Å². The predicted octanol–water partition coefficient (Wildman–Crippen LogP) is 1.56. The summed E-state index contributed by atoms with van der Waals surface area (Å²) in [6, 6.07) is 0. The normalized spacial score (nSPS) is 24.8. The van der Waals surface area contributed by atoms with Crippen LogP contribution >= 0.6 is 0 Å². The predicted molar refractivity (Wildman–Crippen MR) is 75.6 cm³/mol. The van der Waals surface area contributed by atoms with Crippen LogP contribution in [0.25, 0.3) is 0 Å². The molecule has 0 radical (unpaired) electrons. The molecule has 1 fully saturated rings. The van der Waals surface area contributed by atoms with Gasteiger partial charge in [0.25, 0.3) is 0 Å². The maximum atomic E-state index is 12.3. The van der Waals surface area contributed by atoms with Crippen molar-refractivity contribution in [2.75, 3.05) is 5.32 Å². The Bertz CT molecular complexity index is 561. The maximum absolute atomic E-state index is 12.3. The van der Waals surface area contributed by atoms with Gasteiger partial charge in [-0.25, -0.2) is 4.98 Å². The Labute approximate surface area is 123 Å². The van der Waals surface area contributed by atoms with Gasteiger partial charge >= 0.3 is 5.97 Å². The fourth-order valence-corrected chi connectivity index (χ4v) is 2.75. The van der Waals surface area contributed by atoms with Crippen LogP contribution in [-0.2, 0) is 9.59 Å². The Morgan fingerprint density at radius 3 is 2.43 bits per heavy atom. The topological polar surface area (TPSA) is 105 Å². The second-order valence-corrected chi connectivity index (χ2v) is 5.59. The summed E-state index contributed by atoms with van der Waals surface area (Å²) >= 11 is 0. The van der Waals surface area contributed by atoms with E-state index in [1.807, 2.05) is 6.92 Å². The fourth-order valence-electron chi connectivity index (χ4n) is 2.75. The fraction of sp³-hybridized carbons (Fsp3) is 0.643. The molecule has 0 spiro atoms. The second-order valence-electron chi connectivity index (χ2n) is 5.59. The van der Waals surface area contributed by atoms with Gasteiger partial charge in [-0.15, -0.1) is 5.10 Å². The number of aromatic nitrogens is 3. The highest BCUT2D eigenvalue weighted by Gasteiger charge is 2.42. The van der Waals surface area contributed by atoms with E-state index in [9.17, 15) is 14.7 Å². The van der Waals surface area contributed by atoms with Gasteiger partial charge in [0.2, 0.25) is 11.9 Å². The Hall–Kier alpha value is -2.05. The number of amides is 1. The van der Waals surface area contributed by atoms with Crippen molar-refractivity contribution in [3.8, 4) is 0 Å². The van der Waals surface area contributed by atoms with Gasteiger partial charge in [-0.05, 0) is 32.6 Å². The van der Waals surface area contributed by atoms with E-state index in [1.54, 1.807) is 13.8 Å². The highest BCUT2D eigenvalue weighted by atomic mass is 16.4. The maximum Gasteiger partial charge on any atom is 0.307 e. The van der Waals surface area contributed by atoms with Crippen LogP contribution in [0.15, 0.2) is 0 Å². The molecule has 0 saturated heterocycles. The minimum Gasteiger partial charge on any atom is -0.481 e. The number of hydrogen-bond donors (Lipinski definition) is 2. The van der Waals surface area contributed by atoms with Crippen LogP contribution < -0.4 is 5.32 Å². The van der Waals surface area contributed by atoms with Crippen LogP contribution in [0.3, 0.4) is 0 Å². The van der Waals surface area contributed by atoms with Gasteiger partial charge in [-0.3, -0.25) is 14.9 Å². The summed E-state index contributed by atoms with van der Waals surface area (Å²) in [5.41, 5.74) is 1.39. The van der Waals surface area contributed by atoms with Gasteiger partial charge in [0.05, 0.1) is 23.2 Å². The number of nitrogens with zero attached hydrogens (tertiary/aromatic N) is 3. The lowest BCUT2D eigenvalue weighted by Crippen LogP contribution is -2.30. The minimum atomic E-state index is -0.912. The highest BCUT2D eigenvalue weighted by Crippen LogP contribution is 2.38. The third kappa shape index (κ3) is 3.34. The van der Waals surface area contributed by atoms with Crippen molar-refractivity contribution < 1.29 is 14.7 Å². The molecule has 1 aliphatic carbocycles. The van der Waals surface area contributed by atoms with Crippen molar-refractivity contribution in [1.82, 2.24) is 15.2 Å². The molecule has 1 aliphatic rings. The smallest absolute Gasteiger partial charge is 0.307 e. The lowest BCUT2D eigenvalue weighted by molar-refractivity contribution is -0.145. The van der Waals surface area contributed by atoms with Gasteiger partial charge in [0.15, 0.2) is 0 Å². The standard InChI is InChI=1S/C14H20N4O3/c1-4-9-5-10(11(6-9)13(20)21)12(19)16-14-15-7(2)8(3)17-18-14/h9-11H,4-6H2,1-3H3,(H,20,21)(H,15,16,18,19)/t9?,10-,11+/m0/s1. The van der Waals surface area contributed by atoms with Crippen molar-refractivity contribution in [1.29, 1.82) is 0 Å². The summed E-state index contributed by atoms with van der Waals surface area (Å²) in [4.78, 5) is 27.8. The van der Waals surface area contributed by atoms with Crippen molar-refractivity contribution >= 4 is 17.8 Å². The van der Waals surface area contributed by atoms with Gasteiger partial charge in [0, 0.05) is 0 Å². The van der Waals surface area contributed by atoms with Crippen LogP contribution in [0.1, 0.15) is 37.6 Å². The van der Waals surface area contributed by atoms with Gasteiger partial charge < -0.3 is 5.11 Å². The number of nitrogens with one attached hydrogen (secondary N) is 1. The van der Waals surface area contributed by atoms with Gasteiger partial charge in [0.1, 0.15) is 0 Å². The van der Waals surface area contributed by atoms with Crippen LogP contribution in [0, 0.1) is 31.6 Å². The molecule has 1 saturated carbocycles. The molecule has 1 amide bonds. The van der Waals surface area contributed by atoms with E-state index in [0.717, 1.165) is 6.42 Å². The average molecular weight is 292 g/mol. The number of aliphatic carboxylic acids is 1. The van der Waals surface area contributed by atoms with E-state index in [2.05, 4.69) is 20.5 Å². The first kappa shape index (κ1) is 15.3. The summed E-state index contributed by atoms with van der Waals surface area (Å²) in [5, 5.41) is 19.6. The van der Waals surface area contributed by atoms with E-state index in [-0.39, 0.29) is 17.8 Å². The Morgan fingerprint density at radius 1 is 1.19 bits per heavy atom. The summed E-state index contributed by atoms with van der Waals surface area (Å²) in [7, 11) is 0. The number of aryl methyl sites for hydroxylation is 2. The number of rotatable bonds is 4. The van der Waals surface area contributed by atoms with Crippen LogP contribution in [0.2, 0.25) is 0 Å². The molecule has 1 heterocycles. The van der Waals surface area contributed by atoms with E-state index in [1.165, 1.54) is 0 Å². The van der Waals surface area contributed by atoms with Gasteiger partial charge in [-0.2, -0.15) is 5.10 Å². The molecule has 7 heteroatoms. The molecule has 7 nitrogen and oxygen atoms in total. The van der Waals surface area contributed by atoms with Crippen molar-refractivity contribution in [3.63, 3.8) is 0 Å². The largest absolute Gasteiger partial charge is 0.481 e. The van der Waals surface area contributed by atoms with Crippen LogP contribution in [-0.4, -0.2) is 32.2 Å². The molecule has 114 valence electrons. The molecule has 0 aromatic carbocycles. The molecule has 1 aromatic heterocycles. The molecule has 2 N–H and O–H groups in total. The number of anilines is 1. The van der Waals surface area contributed by atoms with Crippen LogP contribution in [0.5, 0.6) is 0 Å². The Balaban J connectivity index is 2.11. The molecule has 1 unspecified atom stereocenters. The first-order chi connectivity index (χ1) is 9.92. The van der Waals surface area contributed by atoms with E-state index in [4.69, 9.17) is 0 Å². The zero-order chi connectivity index (χ0) is 15.6. The first-order valence-electron chi connectivity index (χ1n) is 7.14. The molecule has 21 heavy (non-hydrogen) atoms.